The molecule has 1 N–H and O–H groups in total. The number of carbonyl (C=O) groups excluding carboxylic acids is 1. The third kappa shape index (κ3) is 4.83. The molecule has 166 valence electrons. The highest BCUT2D eigenvalue weighted by Crippen LogP contribution is 2.26. The van der Waals surface area contributed by atoms with E-state index in [1.807, 2.05) is 12.1 Å². The number of alkyl halides is 3. The van der Waals surface area contributed by atoms with Crippen LogP contribution < -0.4 is 5.56 Å². The molecule has 1 saturated heterocycles. The van der Waals surface area contributed by atoms with Gasteiger partial charge in [0.25, 0.3) is 11.5 Å². The predicted octanol–water partition coefficient (Wildman–Crippen LogP) is 2.04. The molecular formula is C22H24F3N3O3. The second kappa shape index (κ2) is 8.47. The molecule has 0 aliphatic carbocycles. The normalized spacial score (nSPS) is 22.3. The Labute approximate surface area is 177 Å². The Morgan fingerprint density at radius 2 is 1.87 bits per heavy atom. The van der Waals surface area contributed by atoms with Crippen molar-refractivity contribution >= 4 is 5.91 Å². The number of halogens is 3. The first-order valence-corrected chi connectivity index (χ1v) is 10.3. The highest BCUT2D eigenvalue weighted by Gasteiger charge is 2.35. The van der Waals surface area contributed by atoms with E-state index in [1.54, 1.807) is 0 Å². The van der Waals surface area contributed by atoms with Crippen molar-refractivity contribution in [2.45, 2.75) is 44.3 Å². The summed E-state index contributed by atoms with van der Waals surface area (Å²) >= 11 is 0. The summed E-state index contributed by atoms with van der Waals surface area (Å²) in [7, 11) is 0. The summed E-state index contributed by atoms with van der Waals surface area (Å²) in [5.41, 5.74) is 1.71. The minimum atomic E-state index is -4.52. The Balaban J connectivity index is 1.40. The maximum Gasteiger partial charge on any atom is 0.406 e. The van der Waals surface area contributed by atoms with E-state index in [1.165, 1.54) is 22.1 Å². The zero-order valence-corrected chi connectivity index (χ0v) is 16.9. The smallest absolute Gasteiger partial charge is 0.390 e. The molecule has 31 heavy (non-hydrogen) atoms. The molecule has 1 fully saturated rings. The number of rotatable bonds is 3. The van der Waals surface area contributed by atoms with Crippen LogP contribution in [0.1, 0.15) is 27.9 Å². The highest BCUT2D eigenvalue weighted by molar-refractivity contribution is 5.94. The first-order valence-electron chi connectivity index (χ1n) is 10.3. The number of aromatic nitrogens is 1. The Hall–Kier alpha value is -2.65. The third-order valence-electron chi connectivity index (χ3n) is 6.06. The van der Waals surface area contributed by atoms with Crippen molar-refractivity contribution in [3.63, 3.8) is 0 Å². The van der Waals surface area contributed by atoms with E-state index in [4.69, 9.17) is 0 Å². The Bertz CT molecular complexity index is 1020. The number of hydrogen-bond acceptors (Lipinski definition) is 4. The molecule has 0 radical (unpaired) electrons. The van der Waals surface area contributed by atoms with Gasteiger partial charge in [0.2, 0.25) is 0 Å². The van der Waals surface area contributed by atoms with Crippen LogP contribution in [0.2, 0.25) is 0 Å². The van der Waals surface area contributed by atoms with E-state index < -0.39 is 30.3 Å². The van der Waals surface area contributed by atoms with Crippen LogP contribution in [0.5, 0.6) is 0 Å². The van der Waals surface area contributed by atoms with E-state index in [9.17, 15) is 27.9 Å². The lowest BCUT2D eigenvalue weighted by Gasteiger charge is -2.43. The van der Waals surface area contributed by atoms with Gasteiger partial charge in [0.05, 0.1) is 6.10 Å². The van der Waals surface area contributed by atoms with Gasteiger partial charge in [-0.05, 0) is 30.0 Å². The van der Waals surface area contributed by atoms with Crippen LogP contribution in [-0.2, 0) is 19.5 Å². The van der Waals surface area contributed by atoms with Crippen LogP contribution in [0.25, 0.3) is 0 Å². The fourth-order valence-corrected chi connectivity index (χ4v) is 4.48. The van der Waals surface area contributed by atoms with Gasteiger partial charge in [0, 0.05) is 50.0 Å². The minimum Gasteiger partial charge on any atom is -0.390 e. The molecule has 1 amide bonds. The molecule has 1 aromatic heterocycles. The van der Waals surface area contributed by atoms with Crippen LogP contribution in [0.15, 0.2) is 47.4 Å². The lowest BCUT2D eigenvalue weighted by atomic mass is 9.94. The fourth-order valence-electron chi connectivity index (χ4n) is 4.48. The first kappa shape index (κ1) is 21.6. The van der Waals surface area contributed by atoms with Gasteiger partial charge >= 0.3 is 6.18 Å². The lowest BCUT2D eigenvalue weighted by molar-refractivity contribution is -0.141. The second-order valence-electron chi connectivity index (χ2n) is 8.16. The number of amides is 1. The number of benzene rings is 1. The number of pyridine rings is 1. The highest BCUT2D eigenvalue weighted by atomic mass is 19.4. The van der Waals surface area contributed by atoms with Gasteiger partial charge in [-0.3, -0.25) is 14.5 Å². The van der Waals surface area contributed by atoms with E-state index in [0.717, 1.165) is 31.8 Å². The summed E-state index contributed by atoms with van der Waals surface area (Å²) in [6.45, 7) is 0.717. The maximum absolute atomic E-state index is 12.8. The van der Waals surface area contributed by atoms with E-state index in [0.29, 0.717) is 17.5 Å². The number of nitrogens with zero attached hydrogens (tertiary/aromatic N) is 3. The molecule has 2 aliphatic heterocycles. The average Bonchev–Trinajstić information content (AvgIpc) is 2.73. The van der Waals surface area contributed by atoms with Crippen LogP contribution in [0.3, 0.4) is 0 Å². The van der Waals surface area contributed by atoms with Gasteiger partial charge in [-0.15, -0.1) is 0 Å². The molecule has 1 aromatic carbocycles. The number of β-amino-alcohol motifs (C(OH)–C–C–N with tert-alkyl or cyclic N) is 1. The maximum atomic E-state index is 12.8. The van der Waals surface area contributed by atoms with E-state index in [2.05, 4.69) is 17.0 Å². The largest absolute Gasteiger partial charge is 0.406 e. The lowest BCUT2D eigenvalue weighted by Crippen LogP contribution is -2.56. The predicted molar refractivity (Wildman–Crippen MR) is 108 cm³/mol. The topological polar surface area (TPSA) is 65.8 Å². The van der Waals surface area contributed by atoms with Gasteiger partial charge in [0.15, 0.2) is 0 Å². The average molecular weight is 435 g/mol. The number of hydrogen-bond donors (Lipinski definition) is 1. The molecule has 6 nitrogen and oxygen atoms in total. The van der Waals surface area contributed by atoms with Crippen molar-refractivity contribution in [3.05, 3.63) is 69.6 Å². The molecule has 3 heterocycles. The molecule has 0 spiro atoms. The quantitative estimate of drug-likeness (QED) is 0.802. The fraction of sp³-hybridized carbons (Fsp3) is 0.455. The van der Waals surface area contributed by atoms with Gasteiger partial charge in [-0.2, -0.15) is 13.2 Å². The molecule has 0 bridgehead atoms. The van der Waals surface area contributed by atoms with Crippen molar-refractivity contribution in [1.29, 1.82) is 0 Å². The van der Waals surface area contributed by atoms with Gasteiger partial charge < -0.3 is 14.6 Å². The van der Waals surface area contributed by atoms with Gasteiger partial charge in [-0.1, -0.05) is 24.3 Å². The number of aliphatic hydroxyl groups is 1. The van der Waals surface area contributed by atoms with E-state index in [-0.39, 0.29) is 18.2 Å². The number of piperidine rings is 1. The van der Waals surface area contributed by atoms with Crippen LogP contribution in [-0.4, -0.2) is 63.3 Å². The summed E-state index contributed by atoms with van der Waals surface area (Å²) in [5.74, 6) is -0.460. The van der Waals surface area contributed by atoms with Crippen molar-refractivity contribution in [2.75, 3.05) is 19.6 Å². The van der Waals surface area contributed by atoms with Crippen LogP contribution in [0.4, 0.5) is 13.2 Å². The standard InChI is InChI=1S/C22H24F3N3O3/c23-22(24,25)14-28-9-6-16(11-20(28)30)21(31)27-10-7-18(19(29)13-27)26-8-5-15-3-1-2-4-17(15)12-26/h1-4,6,9,11,18-19,29H,5,7-8,10,12-14H2. The van der Waals surface area contributed by atoms with Crippen LogP contribution >= 0.6 is 0 Å². The Morgan fingerprint density at radius 3 is 2.55 bits per heavy atom. The van der Waals surface area contributed by atoms with Crippen molar-refractivity contribution in [3.8, 4) is 0 Å². The number of carbonyl (C=O) groups is 1. The third-order valence-corrected chi connectivity index (χ3v) is 6.06. The second-order valence-corrected chi connectivity index (χ2v) is 8.16. The number of aliphatic hydroxyl groups excluding tert-OH is 1. The molecule has 0 saturated carbocycles. The van der Waals surface area contributed by atoms with Crippen molar-refractivity contribution in [2.24, 2.45) is 0 Å². The summed E-state index contributed by atoms with van der Waals surface area (Å²) in [4.78, 5) is 28.4. The molecule has 9 heteroatoms. The summed E-state index contributed by atoms with van der Waals surface area (Å²) in [5, 5.41) is 10.7. The number of likely N-dealkylation sites (tertiary alicyclic amines) is 1. The first-order chi connectivity index (χ1) is 14.7. The SMILES string of the molecule is O=C(c1ccn(CC(F)(F)F)c(=O)c1)N1CCC(N2CCc3ccccc3C2)C(O)C1. The molecule has 2 atom stereocenters. The van der Waals surface area contributed by atoms with Crippen molar-refractivity contribution < 1.29 is 23.1 Å². The zero-order valence-electron chi connectivity index (χ0n) is 16.9. The number of fused-ring (bicyclic) bond motifs is 1. The molecule has 2 aromatic rings. The Morgan fingerprint density at radius 1 is 1.13 bits per heavy atom. The molecule has 4 rings (SSSR count). The summed E-state index contributed by atoms with van der Waals surface area (Å²) in [6, 6.07) is 10.3. The Kier molecular flexibility index (Phi) is 5.90. The zero-order chi connectivity index (χ0) is 22.2. The van der Waals surface area contributed by atoms with E-state index >= 15 is 0 Å². The van der Waals surface area contributed by atoms with Gasteiger partial charge in [-0.25, -0.2) is 0 Å². The summed E-state index contributed by atoms with van der Waals surface area (Å²) in [6.07, 6.45) is -2.78. The minimum absolute atomic E-state index is 0.0287. The van der Waals surface area contributed by atoms with Crippen LogP contribution in [0, 0.1) is 0 Å². The monoisotopic (exact) mass is 435 g/mol. The van der Waals surface area contributed by atoms with Crippen molar-refractivity contribution in [1.82, 2.24) is 14.4 Å². The van der Waals surface area contributed by atoms with Gasteiger partial charge in [0.1, 0.15) is 6.54 Å². The molecular weight excluding hydrogens is 411 g/mol. The molecule has 2 unspecified atom stereocenters. The molecule has 2 aliphatic rings. The summed E-state index contributed by atoms with van der Waals surface area (Å²) < 4.78 is 38.1.